The number of amides is 1. The highest BCUT2D eigenvalue weighted by Crippen LogP contribution is 2.13. The maximum absolute atomic E-state index is 12.5. The second-order valence-electron chi connectivity index (χ2n) is 7.18. The van der Waals surface area contributed by atoms with Gasteiger partial charge in [0.1, 0.15) is 11.8 Å². The van der Waals surface area contributed by atoms with Crippen molar-refractivity contribution in [1.82, 2.24) is 10.0 Å². The van der Waals surface area contributed by atoms with E-state index in [-0.39, 0.29) is 23.4 Å². The topological polar surface area (TPSA) is 92.9 Å². The van der Waals surface area contributed by atoms with Crippen LogP contribution in [-0.2, 0) is 16.6 Å². The summed E-state index contributed by atoms with van der Waals surface area (Å²) in [6.07, 6.45) is 1.48. The van der Waals surface area contributed by atoms with Gasteiger partial charge in [-0.3, -0.25) is 4.79 Å². The van der Waals surface area contributed by atoms with Crippen LogP contribution in [0.3, 0.4) is 0 Å². The van der Waals surface area contributed by atoms with Gasteiger partial charge >= 0.3 is 0 Å². The number of carbonyl (C=O) groups excluding carboxylic acids is 1. The van der Waals surface area contributed by atoms with Crippen LogP contribution in [0.5, 0.6) is 0 Å². The molecule has 1 atom stereocenters. The maximum atomic E-state index is 12.5. The zero-order chi connectivity index (χ0) is 21.6. The molecule has 0 aliphatic rings. The SMILES string of the molecule is C[NH+](C)[C@H](CNC(=O)c1ccc(S(=O)(=O)NCc2ccco2)cc1)c1ccccc1. The van der Waals surface area contributed by atoms with Gasteiger partial charge in [-0.05, 0) is 36.4 Å². The van der Waals surface area contributed by atoms with Gasteiger partial charge in [0.05, 0.1) is 38.3 Å². The Morgan fingerprint density at radius 3 is 2.30 bits per heavy atom. The Labute approximate surface area is 176 Å². The van der Waals surface area contributed by atoms with Crippen LogP contribution in [-0.4, -0.2) is 35.0 Å². The Morgan fingerprint density at radius 2 is 1.70 bits per heavy atom. The Balaban J connectivity index is 1.61. The van der Waals surface area contributed by atoms with Crippen molar-refractivity contribution in [2.45, 2.75) is 17.5 Å². The molecule has 1 heterocycles. The van der Waals surface area contributed by atoms with E-state index >= 15 is 0 Å². The number of quaternary nitrogens is 1. The lowest BCUT2D eigenvalue weighted by Crippen LogP contribution is -3.07. The molecule has 158 valence electrons. The lowest BCUT2D eigenvalue weighted by molar-refractivity contribution is -0.890. The molecule has 0 saturated carbocycles. The molecule has 0 fully saturated rings. The van der Waals surface area contributed by atoms with E-state index in [9.17, 15) is 13.2 Å². The van der Waals surface area contributed by atoms with Gasteiger partial charge in [0, 0.05) is 11.1 Å². The van der Waals surface area contributed by atoms with Gasteiger partial charge in [-0.25, -0.2) is 13.1 Å². The molecular formula is C22H26N3O4S+. The van der Waals surface area contributed by atoms with Crippen molar-refractivity contribution >= 4 is 15.9 Å². The molecule has 0 aliphatic heterocycles. The Morgan fingerprint density at radius 1 is 1.00 bits per heavy atom. The summed E-state index contributed by atoms with van der Waals surface area (Å²) in [5.41, 5.74) is 1.54. The van der Waals surface area contributed by atoms with Gasteiger partial charge in [-0.1, -0.05) is 30.3 Å². The third-order valence-corrected chi connectivity index (χ3v) is 6.23. The molecule has 1 amide bonds. The Kier molecular flexibility index (Phi) is 7.04. The van der Waals surface area contributed by atoms with Crippen molar-refractivity contribution in [1.29, 1.82) is 0 Å². The largest absolute Gasteiger partial charge is 0.468 e. The molecule has 3 rings (SSSR count). The highest BCUT2D eigenvalue weighted by molar-refractivity contribution is 7.89. The van der Waals surface area contributed by atoms with Gasteiger partial charge in [0.25, 0.3) is 5.91 Å². The summed E-state index contributed by atoms with van der Waals surface area (Å²) in [5.74, 6) is 0.273. The minimum absolute atomic E-state index is 0.0608. The smallest absolute Gasteiger partial charge is 0.251 e. The number of benzene rings is 2. The summed E-state index contributed by atoms with van der Waals surface area (Å²) in [5, 5.41) is 2.94. The molecule has 0 bridgehead atoms. The van der Waals surface area contributed by atoms with Crippen molar-refractivity contribution in [2.24, 2.45) is 0 Å². The average Bonchev–Trinajstić information content (AvgIpc) is 3.27. The fourth-order valence-corrected chi connectivity index (χ4v) is 4.08. The number of hydrogen-bond acceptors (Lipinski definition) is 4. The van der Waals surface area contributed by atoms with Crippen LogP contribution in [0.25, 0.3) is 0 Å². The molecule has 0 radical (unpaired) electrons. The molecule has 0 aliphatic carbocycles. The first kappa shape index (κ1) is 21.8. The molecule has 3 N–H and O–H groups in total. The van der Waals surface area contributed by atoms with Gasteiger partial charge in [0.15, 0.2) is 0 Å². The summed E-state index contributed by atoms with van der Waals surface area (Å²) in [6, 6.07) is 19.4. The number of hydrogen-bond donors (Lipinski definition) is 3. The molecular weight excluding hydrogens is 402 g/mol. The standard InChI is InChI=1S/C22H25N3O4S/c1-25(2)21(17-7-4-3-5-8-17)16-23-22(26)18-10-12-20(13-11-18)30(27,28)24-15-19-9-6-14-29-19/h3-14,21,24H,15-16H2,1-2H3,(H,23,26)/p+1/t21-/m1/s1. The molecule has 2 aromatic carbocycles. The van der Waals surface area contributed by atoms with Crippen LogP contribution in [0.15, 0.2) is 82.3 Å². The molecule has 8 heteroatoms. The van der Waals surface area contributed by atoms with E-state index in [2.05, 4.69) is 10.0 Å². The van der Waals surface area contributed by atoms with E-state index in [1.807, 2.05) is 44.4 Å². The number of likely N-dealkylation sites (N-methyl/N-ethyl adjacent to an activating group) is 1. The quantitative estimate of drug-likeness (QED) is 0.480. The number of furan rings is 1. The zero-order valence-electron chi connectivity index (χ0n) is 17.0. The molecule has 1 aromatic heterocycles. The monoisotopic (exact) mass is 428 g/mol. The third-order valence-electron chi connectivity index (χ3n) is 4.81. The molecule has 3 aromatic rings. The lowest BCUT2D eigenvalue weighted by atomic mass is 10.1. The summed E-state index contributed by atoms with van der Waals surface area (Å²) >= 11 is 0. The second kappa shape index (κ2) is 9.71. The van der Waals surface area contributed by atoms with E-state index in [4.69, 9.17) is 4.42 Å². The first-order chi connectivity index (χ1) is 14.4. The molecule has 0 saturated heterocycles. The fraction of sp³-hybridized carbons (Fsp3) is 0.227. The minimum atomic E-state index is -3.70. The first-order valence-electron chi connectivity index (χ1n) is 9.62. The van der Waals surface area contributed by atoms with Gasteiger partial charge in [-0.2, -0.15) is 0 Å². The number of rotatable bonds is 9. The van der Waals surface area contributed by atoms with Crippen LogP contribution in [0, 0.1) is 0 Å². The van der Waals surface area contributed by atoms with Crippen LogP contribution in [0.4, 0.5) is 0 Å². The van der Waals surface area contributed by atoms with Crippen molar-refractivity contribution in [3.63, 3.8) is 0 Å². The summed E-state index contributed by atoms with van der Waals surface area (Å²) in [4.78, 5) is 13.8. The van der Waals surface area contributed by atoms with Gasteiger partial charge < -0.3 is 14.6 Å². The maximum Gasteiger partial charge on any atom is 0.251 e. The van der Waals surface area contributed by atoms with Gasteiger partial charge in [-0.15, -0.1) is 0 Å². The molecule has 0 unspecified atom stereocenters. The fourth-order valence-electron chi connectivity index (χ4n) is 3.09. The van der Waals surface area contributed by atoms with E-state index < -0.39 is 10.0 Å². The average molecular weight is 429 g/mol. The van der Waals surface area contributed by atoms with Gasteiger partial charge in [0.2, 0.25) is 10.0 Å². The van der Waals surface area contributed by atoms with Crippen molar-refractivity contribution in [2.75, 3.05) is 20.6 Å². The van der Waals surface area contributed by atoms with Crippen LogP contribution >= 0.6 is 0 Å². The van der Waals surface area contributed by atoms with Crippen molar-refractivity contribution < 1.29 is 22.5 Å². The van der Waals surface area contributed by atoms with E-state index in [0.29, 0.717) is 17.9 Å². The predicted molar refractivity (Wildman–Crippen MR) is 114 cm³/mol. The predicted octanol–water partition coefficient (Wildman–Crippen LogP) is 1.37. The molecule has 30 heavy (non-hydrogen) atoms. The summed E-state index contributed by atoms with van der Waals surface area (Å²) in [6.45, 7) is 0.529. The number of sulfonamides is 1. The van der Waals surface area contributed by atoms with Crippen LogP contribution in [0.2, 0.25) is 0 Å². The van der Waals surface area contributed by atoms with Crippen molar-refractivity contribution in [3.8, 4) is 0 Å². The zero-order valence-corrected chi connectivity index (χ0v) is 17.8. The van der Waals surface area contributed by atoms with E-state index in [1.165, 1.54) is 35.4 Å². The number of nitrogens with one attached hydrogen (secondary N) is 3. The van der Waals surface area contributed by atoms with E-state index in [0.717, 1.165) is 5.56 Å². The Bertz CT molecular complexity index is 1050. The molecule has 0 spiro atoms. The molecule has 7 nitrogen and oxygen atoms in total. The lowest BCUT2D eigenvalue weighted by Gasteiger charge is -2.22. The third kappa shape index (κ3) is 5.56. The number of carbonyl (C=O) groups is 1. The van der Waals surface area contributed by atoms with Crippen LogP contribution in [0.1, 0.15) is 27.7 Å². The highest BCUT2D eigenvalue weighted by atomic mass is 32.2. The normalized spacial score (nSPS) is 12.6. The second-order valence-corrected chi connectivity index (χ2v) is 8.95. The highest BCUT2D eigenvalue weighted by Gasteiger charge is 2.19. The van der Waals surface area contributed by atoms with Crippen molar-refractivity contribution in [3.05, 3.63) is 89.9 Å². The van der Waals surface area contributed by atoms with Crippen LogP contribution < -0.4 is 14.9 Å². The summed E-state index contributed by atoms with van der Waals surface area (Å²) < 4.78 is 32.4. The minimum Gasteiger partial charge on any atom is -0.468 e. The van der Waals surface area contributed by atoms with E-state index in [1.54, 1.807) is 12.1 Å². The summed E-state index contributed by atoms with van der Waals surface area (Å²) in [7, 11) is 0.385. The first-order valence-corrected chi connectivity index (χ1v) is 11.1. The Hall–Kier alpha value is -2.94.